The van der Waals surface area contributed by atoms with Crippen LogP contribution in [0.25, 0.3) is 0 Å². The molecule has 29 heavy (non-hydrogen) atoms. The molecule has 154 valence electrons. The number of primary amides is 1. The Labute approximate surface area is 172 Å². The van der Waals surface area contributed by atoms with Crippen molar-refractivity contribution in [3.05, 3.63) is 64.7 Å². The highest BCUT2D eigenvalue weighted by molar-refractivity contribution is 6.01. The van der Waals surface area contributed by atoms with Crippen LogP contribution in [0, 0.1) is 0 Å². The summed E-state index contributed by atoms with van der Waals surface area (Å²) < 4.78 is 5.29. The maximum atomic E-state index is 12.8. The lowest BCUT2D eigenvalue weighted by Gasteiger charge is -2.37. The maximum absolute atomic E-state index is 12.8. The van der Waals surface area contributed by atoms with E-state index in [1.54, 1.807) is 12.1 Å². The number of hydrogen-bond acceptors (Lipinski definition) is 4. The number of ether oxygens (including phenoxy) is 1. The zero-order valence-corrected chi connectivity index (χ0v) is 17.1. The summed E-state index contributed by atoms with van der Waals surface area (Å²) in [4.78, 5) is 26.8. The molecule has 0 bridgehead atoms. The standard InChI is InChI=1S/C23H29N3O3/c1-3-4-11-26-15-18-8-6-5-7-16(18)12-19(26)14-25-23(28)20-13-17(22(24)27)9-10-21(20)29-2/h5-10,13,19H,3-4,11-12,14-15H2,1-2H3,(H2,24,27)(H,25,28)/t19-/m0/s1. The van der Waals surface area contributed by atoms with Crippen molar-refractivity contribution in [3.63, 3.8) is 0 Å². The molecular formula is C23H29N3O3. The third-order valence-electron chi connectivity index (χ3n) is 5.49. The molecule has 0 aliphatic carbocycles. The second-order valence-corrected chi connectivity index (χ2v) is 7.44. The van der Waals surface area contributed by atoms with Gasteiger partial charge in [0.15, 0.2) is 0 Å². The van der Waals surface area contributed by atoms with Gasteiger partial charge in [-0.2, -0.15) is 0 Å². The van der Waals surface area contributed by atoms with Gasteiger partial charge in [-0.25, -0.2) is 0 Å². The minimum atomic E-state index is -0.573. The van der Waals surface area contributed by atoms with Gasteiger partial charge in [0.05, 0.1) is 12.7 Å². The second-order valence-electron chi connectivity index (χ2n) is 7.44. The maximum Gasteiger partial charge on any atom is 0.255 e. The molecule has 3 N–H and O–H groups in total. The number of rotatable bonds is 8. The van der Waals surface area contributed by atoms with Gasteiger partial charge in [0, 0.05) is 24.7 Å². The number of fused-ring (bicyclic) bond motifs is 1. The lowest BCUT2D eigenvalue weighted by atomic mass is 9.93. The monoisotopic (exact) mass is 395 g/mol. The minimum absolute atomic E-state index is 0.228. The van der Waals surface area contributed by atoms with E-state index in [9.17, 15) is 9.59 Å². The fraction of sp³-hybridized carbons (Fsp3) is 0.391. The number of benzene rings is 2. The molecule has 2 amide bonds. The fourth-order valence-electron chi connectivity index (χ4n) is 3.81. The summed E-state index contributed by atoms with van der Waals surface area (Å²) in [7, 11) is 1.50. The van der Waals surface area contributed by atoms with Gasteiger partial charge in [0.1, 0.15) is 5.75 Å². The molecule has 1 heterocycles. The van der Waals surface area contributed by atoms with Crippen molar-refractivity contribution in [1.29, 1.82) is 0 Å². The summed E-state index contributed by atoms with van der Waals surface area (Å²) in [6.07, 6.45) is 3.16. The van der Waals surface area contributed by atoms with Crippen molar-refractivity contribution in [2.45, 2.75) is 38.8 Å². The Morgan fingerprint density at radius 3 is 2.66 bits per heavy atom. The Balaban J connectivity index is 1.74. The highest BCUT2D eigenvalue weighted by Crippen LogP contribution is 2.24. The van der Waals surface area contributed by atoms with E-state index in [0.717, 1.165) is 32.4 Å². The lowest BCUT2D eigenvalue weighted by Crippen LogP contribution is -2.47. The van der Waals surface area contributed by atoms with Crippen molar-refractivity contribution in [2.24, 2.45) is 5.73 Å². The van der Waals surface area contributed by atoms with Crippen LogP contribution < -0.4 is 15.8 Å². The molecule has 2 aromatic rings. The Bertz CT molecular complexity index is 881. The fourth-order valence-corrected chi connectivity index (χ4v) is 3.81. The van der Waals surface area contributed by atoms with Crippen LogP contribution in [0.3, 0.4) is 0 Å². The van der Waals surface area contributed by atoms with Gasteiger partial charge >= 0.3 is 0 Å². The molecule has 0 unspecified atom stereocenters. The number of unbranched alkanes of at least 4 members (excludes halogenated alkanes) is 1. The predicted molar refractivity (Wildman–Crippen MR) is 113 cm³/mol. The number of hydrogen-bond donors (Lipinski definition) is 2. The molecule has 1 atom stereocenters. The van der Waals surface area contributed by atoms with E-state index in [1.807, 2.05) is 0 Å². The van der Waals surface area contributed by atoms with E-state index >= 15 is 0 Å². The van der Waals surface area contributed by atoms with E-state index in [0.29, 0.717) is 17.9 Å². The zero-order chi connectivity index (χ0) is 20.8. The molecule has 3 rings (SSSR count). The van der Waals surface area contributed by atoms with Crippen LogP contribution >= 0.6 is 0 Å². The summed E-state index contributed by atoms with van der Waals surface area (Å²) >= 11 is 0. The molecule has 2 aromatic carbocycles. The quantitative estimate of drug-likeness (QED) is 0.720. The zero-order valence-electron chi connectivity index (χ0n) is 17.1. The first kappa shape index (κ1) is 20.9. The Morgan fingerprint density at radius 2 is 1.97 bits per heavy atom. The van der Waals surface area contributed by atoms with Gasteiger partial charge in [0.25, 0.3) is 5.91 Å². The summed E-state index contributed by atoms with van der Waals surface area (Å²) in [6, 6.07) is 13.4. The summed E-state index contributed by atoms with van der Waals surface area (Å²) in [5, 5.41) is 3.03. The lowest BCUT2D eigenvalue weighted by molar-refractivity contribution is 0.0921. The van der Waals surface area contributed by atoms with Crippen LogP contribution in [-0.4, -0.2) is 43.0 Å². The summed E-state index contributed by atoms with van der Waals surface area (Å²) in [6.45, 7) is 4.62. The number of carbonyl (C=O) groups is 2. The normalized spacial score (nSPS) is 16.1. The highest BCUT2D eigenvalue weighted by Gasteiger charge is 2.26. The molecule has 0 aromatic heterocycles. The van der Waals surface area contributed by atoms with Crippen molar-refractivity contribution < 1.29 is 14.3 Å². The predicted octanol–water partition coefficient (Wildman–Crippen LogP) is 2.75. The molecule has 1 aliphatic rings. The molecule has 1 aliphatic heterocycles. The van der Waals surface area contributed by atoms with Crippen molar-refractivity contribution in [3.8, 4) is 5.75 Å². The first-order valence-electron chi connectivity index (χ1n) is 10.1. The smallest absolute Gasteiger partial charge is 0.255 e. The van der Waals surface area contributed by atoms with Gasteiger partial charge in [0.2, 0.25) is 5.91 Å². The van der Waals surface area contributed by atoms with Gasteiger partial charge in [-0.3, -0.25) is 14.5 Å². The minimum Gasteiger partial charge on any atom is -0.496 e. The molecule has 6 nitrogen and oxygen atoms in total. The van der Waals surface area contributed by atoms with Crippen LogP contribution in [0.4, 0.5) is 0 Å². The third kappa shape index (κ3) is 4.95. The molecule has 0 fully saturated rings. The average molecular weight is 396 g/mol. The van der Waals surface area contributed by atoms with E-state index in [-0.39, 0.29) is 17.5 Å². The molecule has 0 spiro atoms. The summed E-state index contributed by atoms with van der Waals surface area (Å²) in [5.74, 6) is -0.417. The number of amides is 2. The Morgan fingerprint density at radius 1 is 1.21 bits per heavy atom. The number of methoxy groups -OCH3 is 1. The number of nitrogens with two attached hydrogens (primary N) is 1. The van der Waals surface area contributed by atoms with Crippen LogP contribution in [-0.2, 0) is 13.0 Å². The van der Waals surface area contributed by atoms with Crippen LogP contribution in [0.15, 0.2) is 42.5 Å². The van der Waals surface area contributed by atoms with E-state index in [4.69, 9.17) is 10.5 Å². The third-order valence-corrected chi connectivity index (χ3v) is 5.49. The van der Waals surface area contributed by atoms with E-state index in [2.05, 4.69) is 41.4 Å². The van der Waals surface area contributed by atoms with Crippen molar-refractivity contribution >= 4 is 11.8 Å². The molecule has 6 heteroatoms. The van der Waals surface area contributed by atoms with Crippen LogP contribution in [0.1, 0.15) is 51.6 Å². The van der Waals surface area contributed by atoms with Gasteiger partial charge in [-0.15, -0.1) is 0 Å². The molecule has 0 saturated heterocycles. The Kier molecular flexibility index (Phi) is 6.88. The molecule has 0 radical (unpaired) electrons. The molecule has 0 saturated carbocycles. The van der Waals surface area contributed by atoms with Gasteiger partial charge in [-0.1, -0.05) is 37.6 Å². The van der Waals surface area contributed by atoms with Crippen molar-refractivity contribution in [1.82, 2.24) is 10.2 Å². The average Bonchev–Trinajstić information content (AvgIpc) is 2.75. The number of carbonyl (C=O) groups excluding carboxylic acids is 2. The van der Waals surface area contributed by atoms with E-state index < -0.39 is 5.91 Å². The molecular weight excluding hydrogens is 366 g/mol. The number of nitrogens with zero attached hydrogens (tertiary/aromatic N) is 1. The first-order valence-corrected chi connectivity index (χ1v) is 10.1. The van der Waals surface area contributed by atoms with E-state index in [1.165, 1.54) is 24.3 Å². The SMILES string of the molecule is CCCCN1Cc2ccccc2C[C@H]1CNC(=O)c1cc(C(N)=O)ccc1OC. The highest BCUT2D eigenvalue weighted by atomic mass is 16.5. The topological polar surface area (TPSA) is 84.7 Å². The number of nitrogens with one attached hydrogen (secondary N) is 1. The van der Waals surface area contributed by atoms with Gasteiger partial charge < -0.3 is 15.8 Å². The van der Waals surface area contributed by atoms with Crippen LogP contribution in [0.5, 0.6) is 5.75 Å². The Hall–Kier alpha value is -2.86. The summed E-state index contributed by atoms with van der Waals surface area (Å²) in [5.41, 5.74) is 8.66. The van der Waals surface area contributed by atoms with Crippen LogP contribution in [0.2, 0.25) is 0 Å². The largest absolute Gasteiger partial charge is 0.496 e. The van der Waals surface area contributed by atoms with Crippen molar-refractivity contribution in [2.75, 3.05) is 20.2 Å². The first-order chi connectivity index (χ1) is 14.0. The second kappa shape index (κ2) is 9.56. The van der Waals surface area contributed by atoms with Gasteiger partial charge in [-0.05, 0) is 48.7 Å².